The predicted octanol–water partition coefficient (Wildman–Crippen LogP) is 1.13. The largest absolute Gasteiger partial charge is 0.493 e. The van der Waals surface area contributed by atoms with Crippen molar-refractivity contribution in [3.63, 3.8) is 0 Å². The highest BCUT2D eigenvalue weighted by atomic mass is 16.5. The highest BCUT2D eigenvalue weighted by Gasteiger charge is 2.16. The van der Waals surface area contributed by atoms with Crippen molar-refractivity contribution >= 4 is 5.69 Å². The van der Waals surface area contributed by atoms with Crippen molar-refractivity contribution in [3.05, 3.63) is 18.2 Å². The zero-order chi connectivity index (χ0) is 13.7. The Hall–Kier alpha value is -1.46. The summed E-state index contributed by atoms with van der Waals surface area (Å²) in [5.74, 6) is 1.50. The zero-order valence-corrected chi connectivity index (χ0v) is 11.8. The van der Waals surface area contributed by atoms with E-state index >= 15 is 0 Å². The first kappa shape index (κ1) is 14.0. The topological polar surface area (TPSA) is 43.0 Å². The third-order valence-corrected chi connectivity index (χ3v) is 3.30. The summed E-state index contributed by atoms with van der Waals surface area (Å²) in [5.41, 5.74) is 1.10. The Labute approximate surface area is 114 Å². The number of hydrogen-bond acceptors (Lipinski definition) is 5. The Morgan fingerprint density at radius 1 is 1.32 bits per heavy atom. The number of methoxy groups -OCH3 is 2. The lowest BCUT2D eigenvalue weighted by atomic mass is 10.2. The van der Waals surface area contributed by atoms with Crippen LogP contribution in [-0.2, 0) is 4.74 Å². The van der Waals surface area contributed by atoms with Crippen molar-refractivity contribution in [1.29, 1.82) is 0 Å². The van der Waals surface area contributed by atoms with Crippen LogP contribution in [0.25, 0.3) is 0 Å². The Morgan fingerprint density at radius 3 is 2.74 bits per heavy atom. The van der Waals surface area contributed by atoms with Gasteiger partial charge in [0.15, 0.2) is 11.5 Å². The molecule has 1 saturated heterocycles. The molecule has 1 heterocycles. The molecule has 106 valence electrons. The number of rotatable bonds is 5. The molecular formula is C14H22N2O3. The molecule has 19 heavy (non-hydrogen) atoms. The Bertz CT molecular complexity index is 406. The van der Waals surface area contributed by atoms with Gasteiger partial charge in [-0.15, -0.1) is 0 Å². The van der Waals surface area contributed by atoms with E-state index in [-0.39, 0.29) is 0 Å². The van der Waals surface area contributed by atoms with Gasteiger partial charge in [-0.2, -0.15) is 0 Å². The first-order chi connectivity index (χ1) is 9.24. The van der Waals surface area contributed by atoms with E-state index in [2.05, 4.69) is 17.3 Å². The SMILES string of the molecule is COc1ccc(N(C)CC2COCCN2)cc1OC. The van der Waals surface area contributed by atoms with Crippen molar-refractivity contribution in [1.82, 2.24) is 5.32 Å². The molecule has 1 unspecified atom stereocenters. The minimum absolute atomic E-state index is 0.367. The predicted molar refractivity (Wildman–Crippen MR) is 75.4 cm³/mol. The van der Waals surface area contributed by atoms with E-state index in [1.807, 2.05) is 18.2 Å². The first-order valence-corrected chi connectivity index (χ1v) is 6.49. The van der Waals surface area contributed by atoms with Crippen LogP contribution in [0.15, 0.2) is 18.2 Å². The normalized spacial score (nSPS) is 19.0. The van der Waals surface area contributed by atoms with Crippen LogP contribution in [-0.4, -0.2) is 53.6 Å². The van der Waals surface area contributed by atoms with E-state index in [0.717, 1.165) is 43.5 Å². The van der Waals surface area contributed by atoms with Crippen LogP contribution in [0.4, 0.5) is 5.69 Å². The van der Waals surface area contributed by atoms with E-state index in [4.69, 9.17) is 14.2 Å². The number of anilines is 1. The third kappa shape index (κ3) is 3.52. The Kier molecular flexibility index (Phi) is 4.87. The molecule has 0 amide bonds. The fourth-order valence-corrected chi connectivity index (χ4v) is 2.24. The molecule has 0 spiro atoms. The van der Waals surface area contributed by atoms with Crippen LogP contribution in [0.3, 0.4) is 0 Å². The molecule has 1 aromatic rings. The molecule has 1 atom stereocenters. The average Bonchev–Trinajstić information content (AvgIpc) is 2.47. The summed E-state index contributed by atoms with van der Waals surface area (Å²) >= 11 is 0. The molecule has 5 nitrogen and oxygen atoms in total. The van der Waals surface area contributed by atoms with Crippen molar-refractivity contribution in [2.75, 3.05) is 52.5 Å². The molecule has 0 aromatic heterocycles. The molecule has 1 N–H and O–H groups in total. The van der Waals surface area contributed by atoms with Crippen molar-refractivity contribution < 1.29 is 14.2 Å². The maximum atomic E-state index is 5.47. The summed E-state index contributed by atoms with van der Waals surface area (Å²) in [5, 5.41) is 3.45. The van der Waals surface area contributed by atoms with Crippen molar-refractivity contribution in [2.24, 2.45) is 0 Å². The van der Waals surface area contributed by atoms with Crippen molar-refractivity contribution in [3.8, 4) is 11.5 Å². The third-order valence-electron chi connectivity index (χ3n) is 3.30. The molecule has 1 fully saturated rings. The Morgan fingerprint density at radius 2 is 2.11 bits per heavy atom. The lowest BCUT2D eigenvalue weighted by molar-refractivity contribution is 0.0791. The molecule has 5 heteroatoms. The van der Waals surface area contributed by atoms with E-state index in [1.165, 1.54) is 0 Å². The van der Waals surface area contributed by atoms with Gasteiger partial charge in [-0.25, -0.2) is 0 Å². The van der Waals surface area contributed by atoms with Gasteiger partial charge in [-0.3, -0.25) is 0 Å². The van der Waals surface area contributed by atoms with E-state index in [9.17, 15) is 0 Å². The van der Waals surface area contributed by atoms with E-state index < -0.39 is 0 Å². The second-order valence-corrected chi connectivity index (χ2v) is 4.65. The van der Waals surface area contributed by atoms with Crippen LogP contribution >= 0.6 is 0 Å². The summed E-state index contributed by atoms with van der Waals surface area (Å²) in [4.78, 5) is 2.19. The number of nitrogens with one attached hydrogen (secondary N) is 1. The lowest BCUT2D eigenvalue weighted by Gasteiger charge is -2.29. The maximum Gasteiger partial charge on any atom is 0.162 e. The smallest absolute Gasteiger partial charge is 0.162 e. The standard InChI is InChI=1S/C14H22N2O3/c1-16(9-11-10-19-7-6-15-11)12-4-5-13(17-2)14(8-12)18-3/h4-5,8,11,15H,6-7,9-10H2,1-3H3. The van der Waals surface area contributed by atoms with Gasteiger partial charge in [0.1, 0.15) is 0 Å². The minimum Gasteiger partial charge on any atom is -0.493 e. The average molecular weight is 266 g/mol. The molecule has 2 rings (SSSR count). The summed E-state index contributed by atoms with van der Waals surface area (Å²) in [6.45, 7) is 3.38. The molecule has 0 radical (unpaired) electrons. The number of hydrogen-bond donors (Lipinski definition) is 1. The van der Waals surface area contributed by atoms with Gasteiger partial charge < -0.3 is 24.4 Å². The first-order valence-electron chi connectivity index (χ1n) is 6.49. The molecule has 0 aliphatic carbocycles. The second kappa shape index (κ2) is 6.63. The van der Waals surface area contributed by atoms with Gasteiger partial charge in [0.2, 0.25) is 0 Å². The molecule has 1 aliphatic heterocycles. The molecule has 0 bridgehead atoms. The summed E-state index contributed by atoms with van der Waals surface area (Å²) in [7, 11) is 5.36. The van der Waals surface area contributed by atoms with Crippen LogP contribution in [0, 0.1) is 0 Å². The highest BCUT2D eigenvalue weighted by molar-refractivity contribution is 5.56. The number of nitrogens with zero attached hydrogens (tertiary/aromatic N) is 1. The number of morpholine rings is 1. The van der Waals surface area contributed by atoms with Crippen LogP contribution in [0.5, 0.6) is 11.5 Å². The Balaban J connectivity index is 2.03. The summed E-state index contributed by atoms with van der Waals surface area (Å²) in [6.07, 6.45) is 0. The highest BCUT2D eigenvalue weighted by Crippen LogP contribution is 2.31. The monoisotopic (exact) mass is 266 g/mol. The fourth-order valence-electron chi connectivity index (χ4n) is 2.24. The molecular weight excluding hydrogens is 244 g/mol. The zero-order valence-electron chi connectivity index (χ0n) is 11.8. The molecule has 1 aromatic carbocycles. The van der Waals surface area contributed by atoms with Gasteiger partial charge in [-0.05, 0) is 12.1 Å². The molecule has 0 saturated carbocycles. The number of likely N-dealkylation sites (N-methyl/N-ethyl adjacent to an activating group) is 1. The summed E-state index contributed by atoms with van der Waals surface area (Å²) < 4.78 is 16.0. The minimum atomic E-state index is 0.367. The van der Waals surface area contributed by atoms with E-state index in [0.29, 0.717) is 6.04 Å². The number of ether oxygens (including phenoxy) is 3. The second-order valence-electron chi connectivity index (χ2n) is 4.65. The van der Waals surface area contributed by atoms with Crippen molar-refractivity contribution in [2.45, 2.75) is 6.04 Å². The fraction of sp³-hybridized carbons (Fsp3) is 0.571. The van der Waals surface area contributed by atoms with Crippen LogP contribution < -0.4 is 19.7 Å². The number of benzene rings is 1. The lowest BCUT2D eigenvalue weighted by Crippen LogP contribution is -2.47. The summed E-state index contributed by atoms with van der Waals surface area (Å²) in [6, 6.07) is 6.31. The van der Waals surface area contributed by atoms with Gasteiger partial charge in [-0.1, -0.05) is 0 Å². The van der Waals surface area contributed by atoms with Gasteiger partial charge >= 0.3 is 0 Å². The van der Waals surface area contributed by atoms with Gasteiger partial charge in [0.05, 0.1) is 27.4 Å². The maximum absolute atomic E-state index is 5.47. The molecule has 1 aliphatic rings. The van der Waals surface area contributed by atoms with Crippen LogP contribution in [0.2, 0.25) is 0 Å². The van der Waals surface area contributed by atoms with E-state index in [1.54, 1.807) is 14.2 Å². The van der Waals surface area contributed by atoms with Gasteiger partial charge in [0, 0.05) is 37.9 Å². The van der Waals surface area contributed by atoms with Crippen LogP contribution in [0.1, 0.15) is 0 Å². The van der Waals surface area contributed by atoms with Gasteiger partial charge in [0.25, 0.3) is 0 Å². The quantitative estimate of drug-likeness (QED) is 0.865.